The molecule has 0 aliphatic rings. The first kappa shape index (κ1) is 28.8. The molecule has 40 heavy (non-hydrogen) atoms. The second kappa shape index (κ2) is 12.8. The number of azo groups is 1. The lowest BCUT2D eigenvalue weighted by molar-refractivity contribution is -0.132. The number of carbonyl (C=O) groups is 1. The van der Waals surface area contributed by atoms with E-state index in [4.69, 9.17) is 21.1 Å². The molecular weight excluding hydrogens is 550 g/mol. The van der Waals surface area contributed by atoms with Crippen LogP contribution < -0.4 is 14.2 Å². The van der Waals surface area contributed by atoms with Crippen molar-refractivity contribution in [2.24, 2.45) is 10.2 Å². The van der Waals surface area contributed by atoms with E-state index in [1.165, 1.54) is 38.1 Å². The number of nitrogens with one attached hydrogen (secondary N) is 1. The number of benzene rings is 4. The van der Waals surface area contributed by atoms with Crippen LogP contribution in [0.3, 0.4) is 0 Å². The summed E-state index contributed by atoms with van der Waals surface area (Å²) < 4.78 is 38.8. The number of ether oxygens (including phenoxy) is 2. The molecule has 206 valence electrons. The lowest BCUT2D eigenvalue weighted by Gasteiger charge is -2.25. The highest BCUT2D eigenvalue weighted by atomic mass is 35.5. The number of nitrogens with zero attached hydrogens (tertiary/aromatic N) is 2. The van der Waals surface area contributed by atoms with Crippen LogP contribution >= 0.6 is 11.6 Å². The molecule has 4 aromatic carbocycles. The molecule has 10 heteroatoms. The van der Waals surface area contributed by atoms with Crippen LogP contribution in [-0.4, -0.2) is 26.5 Å². The van der Waals surface area contributed by atoms with Crippen LogP contribution in [0.15, 0.2) is 118 Å². The quantitative estimate of drug-likeness (QED) is 0.192. The summed E-state index contributed by atoms with van der Waals surface area (Å²) in [5.74, 6) is 0.348. The molecule has 0 aliphatic heterocycles. The van der Waals surface area contributed by atoms with Gasteiger partial charge in [-0.25, -0.2) is 13.1 Å². The Hall–Kier alpha value is -4.21. The lowest BCUT2D eigenvalue weighted by atomic mass is 10.1. The zero-order valence-electron chi connectivity index (χ0n) is 22.0. The van der Waals surface area contributed by atoms with Crippen molar-refractivity contribution in [1.29, 1.82) is 0 Å². The zero-order chi connectivity index (χ0) is 28.6. The number of rotatable bonds is 11. The predicted molar refractivity (Wildman–Crippen MR) is 154 cm³/mol. The minimum atomic E-state index is -4.07. The molecule has 1 N–H and O–H groups in total. The number of hydrogen-bond donors (Lipinski definition) is 1. The van der Waals surface area contributed by atoms with Gasteiger partial charge in [-0.2, -0.15) is 10.2 Å². The van der Waals surface area contributed by atoms with Gasteiger partial charge >= 0.3 is 0 Å². The monoisotopic (exact) mass is 577 g/mol. The van der Waals surface area contributed by atoms with E-state index in [-0.39, 0.29) is 4.90 Å². The summed E-state index contributed by atoms with van der Waals surface area (Å²) >= 11 is 5.81. The van der Waals surface area contributed by atoms with E-state index in [2.05, 4.69) is 15.0 Å². The van der Waals surface area contributed by atoms with Crippen molar-refractivity contribution in [3.05, 3.63) is 114 Å². The van der Waals surface area contributed by atoms with E-state index in [1.807, 2.05) is 66.7 Å². The number of halogens is 1. The van der Waals surface area contributed by atoms with Crippen molar-refractivity contribution in [2.45, 2.75) is 30.8 Å². The van der Waals surface area contributed by atoms with Gasteiger partial charge in [0, 0.05) is 11.4 Å². The normalized spacial score (nSPS) is 11.8. The van der Waals surface area contributed by atoms with Gasteiger partial charge in [0.15, 0.2) is 5.60 Å². The summed E-state index contributed by atoms with van der Waals surface area (Å²) in [5.41, 5.74) is 1.07. The molecule has 0 spiro atoms. The first-order chi connectivity index (χ1) is 19.1. The molecule has 0 heterocycles. The highest BCUT2D eigenvalue weighted by molar-refractivity contribution is 7.90. The molecule has 0 unspecified atom stereocenters. The number of hydrogen-bond acceptors (Lipinski definition) is 7. The van der Waals surface area contributed by atoms with Crippen molar-refractivity contribution in [1.82, 2.24) is 4.72 Å². The summed E-state index contributed by atoms with van der Waals surface area (Å²) in [5, 5.41) is 8.81. The number of sulfonamides is 1. The van der Waals surface area contributed by atoms with Gasteiger partial charge < -0.3 is 9.47 Å². The van der Waals surface area contributed by atoms with E-state index in [9.17, 15) is 13.2 Å². The van der Waals surface area contributed by atoms with Crippen molar-refractivity contribution in [2.75, 3.05) is 6.61 Å². The Balaban J connectivity index is 1.25. The molecule has 0 radical (unpaired) electrons. The smallest absolute Gasteiger partial charge is 0.277 e. The van der Waals surface area contributed by atoms with Gasteiger partial charge in [-0.15, -0.1) is 0 Å². The van der Waals surface area contributed by atoms with Gasteiger partial charge in [0.1, 0.15) is 11.5 Å². The predicted octanol–water partition coefficient (Wildman–Crippen LogP) is 7.04. The molecule has 0 bridgehead atoms. The van der Waals surface area contributed by atoms with Crippen LogP contribution in [-0.2, 0) is 21.2 Å². The van der Waals surface area contributed by atoms with Crippen LogP contribution in [0.1, 0.15) is 19.4 Å². The second-order valence-electron chi connectivity index (χ2n) is 9.27. The summed E-state index contributed by atoms with van der Waals surface area (Å²) in [7, 11) is -4.07. The van der Waals surface area contributed by atoms with Crippen LogP contribution in [0.2, 0.25) is 5.02 Å². The third kappa shape index (κ3) is 8.14. The fraction of sp³-hybridized carbons (Fsp3) is 0.167. The molecule has 4 rings (SSSR count). The second-order valence-corrected chi connectivity index (χ2v) is 11.4. The van der Waals surface area contributed by atoms with Crippen molar-refractivity contribution < 1.29 is 22.7 Å². The van der Waals surface area contributed by atoms with Crippen molar-refractivity contribution in [3.8, 4) is 11.5 Å². The minimum Gasteiger partial charge on any atom is -0.493 e. The van der Waals surface area contributed by atoms with Crippen molar-refractivity contribution in [3.63, 3.8) is 0 Å². The zero-order valence-corrected chi connectivity index (χ0v) is 23.5. The Bertz CT molecular complexity index is 1560. The molecule has 0 saturated heterocycles. The summed E-state index contributed by atoms with van der Waals surface area (Å²) in [4.78, 5) is 12.6. The average molecular weight is 578 g/mol. The summed E-state index contributed by atoms with van der Waals surface area (Å²) in [6, 6.07) is 29.6. The van der Waals surface area contributed by atoms with Crippen LogP contribution in [0.25, 0.3) is 0 Å². The SMILES string of the molecule is CC(C)(Oc1ccc(CCOc2ccc(N=Nc3ccccc3)cc2)cc1)C(=O)NS(=O)(=O)c1ccc(Cl)cc1. The first-order valence-corrected chi connectivity index (χ1v) is 14.3. The van der Waals surface area contributed by atoms with Gasteiger partial charge in [0.2, 0.25) is 0 Å². The molecule has 0 aliphatic carbocycles. The van der Waals surface area contributed by atoms with Crippen LogP contribution in [0, 0.1) is 0 Å². The standard InChI is InChI=1S/C30H28ClN3O5S/c1-30(2,29(35)34-40(36,37)28-18-10-23(31)11-19-28)39-27-14-8-22(9-15-27)20-21-38-26-16-12-25(13-17-26)33-32-24-6-4-3-5-7-24/h3-19H,20-21H2,1-2H3,(H,34,35). The number of carbonyl (C=O) groups excluding carboxylic acids is 1. The maximum absolute atomic E-state index is 12.7. The maximum Gasteiger partial charge on any atom is 0.277 e. The third-order valence-electron chi connectivity index (χ3n) is 5.73. The largest absolute Gasteiger partial charge is 0.493 e. The Labute approximate surface area is 238 Å². The third-order valence-corrected chi connectivity index (χ3v) is 7.33. The highest BCUT2D eigenvalue weighted by Crippen LogP contribution is 2.23. The van der Waals surface area contributed by atoms with E-state index in [0.29, 0.717) is 23.8 Å². The highest BCUT2D eigenvalue weighted by Gasteiger charge is 2.33. The molecule has 4 aromatic rings. The molecule has 0 atom stereocenters. The van der Waals surface area contributed by atoms with Gasteiger partial charge in [-0.1, -0.05) is 41.9 Å². The Morgan fingerprint density at radius 1 is 0.800 bits per heavy atom. The summed E-state index contributed by atoms with van der Waals surface area (Å²) in [6.45, 7) is 3.45. The minimum absolute atomic E-state index is 0.0721. The first-order valence-electron chi connectivity index (χ1n) is 12.4. The molecule has 0 saturated carbocycles. The molecule has 8 nitrogen and oxygen atoms in total. The fourth-order valence-corrected chi connectivity index (χ4v) is 4.72. The molecular formula is C30H28ClN3O5S. The van der Waals surface area contributed by atoms with Crippen LogP contribution in [0.5, 0.6) is 11.5 Å². The molecule has 0 fully saturated rings. The Morgan fingerprint density at radius 3 is 2.00 bits per heavy atom. The van der Waals surface area contributed by atoms with Crippen molar-refractivity contribution >= 4 is 38.9 Å². The average Bonchev–Trinajstić information content (AvgIpc) is 2.94. The maximum atomic E-state index is 12.7. The van der Waals surface area contributed by atoms with E-state index < -0.39 is 21.5 Å². The van der Waals surface area contributed by atoms with Gasteiger partial charge in [0.25, 0.3) is 15.9 Å². The van der Waals surface area contributed by atoms with Gasteiger partial charge in [-0.3, -0.25) is 4.79 Å². The molecule has 1 amide bonds. The van der Waals surface area contributed by atoms with E-state index in [0.717, 1.165) is 22.7 Å². The number of amides is 1. The summed E-state index contributed by atoms with van der Waals surface area (Å²) in [6.07, 6.45) is 0.652. The van der Waals surface area contributed by atoms with E-state index >= 15 is 0 Å². The Morgan fingerprint density at radius 2 is 1.38 bits per heavy atom. The fourth-order valence-electron chi connectivity index (χ4n) is 3.49. The lowest BCUT2D eigenvalue weighted by Crippen LogP contribution is -2.48. The Kier molecular flexibility index (Phi) is 9.19. The van der Waals surface area contributed by atoms with E-state index in [1.54, 1.807) is 12.1 Å². The van der Waals surface area contributed by atoms with Gasteiger partial charge in [-0.05, 0) is 92.2 Å². The van der Waals surface area contributed by atoms with Crippen LogP contribution in [0.4, 0.5) is 11.4 Å². The molecule has 0 aromatic heterocycles. The van der Waals surface area contributed by atoms with Gasteiger partial charge in [0.05, 0.1) is 22.9 Å². The topological polar surface area (TPSA) is 106 Å².